The number of hydrogen-bond acceptors (Lipinski definition) is 5. The highest BCUT2D eigenvalue weighted by molar-refractivity contribution is 6.06. The van der Waals surface area contributed by atoms with Gasteiger partial charge in [0.25, 0.3) is 5.60 Å². The molecule has 0 atom stereocenters. The molecule has 0 spiro atoms. The fourth-order valence-corrected chi connectivity index (χ4v) is 4.59. The second-order valence-corrected chi connectivity index (χ2v) is 9.92. The molecule has 0 aliphatic carbocycles. The van der Waals surface area contributed by atoms with Gasteiger partial charge in [0.1, 0.15) is 11.7 Å². The summed E-state index contributed by atoms with van der Waals surface area (Å²) in [6.45, 7) is 2.84. The Morgan fingerprint density at radius 3 is 2.10 bits per heavy atom. The van der Waals surface area contributed by atoms with Crippen molar-refractivity contribution in [3.05, 3.63) is 76.8 Å². The number of allylic oxidation sites excluding steroid dienone is 1. The third-order valence-electron chi connectivity index (χ3n) is 6.71. The van der Waals surface area contributed by atoms with Crippen molar-refractivity contribution in [3.8, 4) is 0 Å². The Labute approximate surface area is 231 Å². The van der Waals surface area contributed by atoms with E-state index >= 15 is 0 Å². The molecule has 1 heterocycles. The topological polar surface area (TPSA) is 109 Å². The van der Waals surface area contributed by atoms with Crippen molar-refractivity contribution in [1.82, 2.24) is 10.2 Å². The van der Waals surface area contributed by atoms with E-state index in [9.17, 15) is 40.6 Å². The highest BCUT2D eigenvalue weighted by Crippen LogP contribution is 2.50. The van der Waals surface area contributed by atoms with E-state index in [0.29, 0.717) is 49.3 Å². The summed E-state index contributed by atoms with van der Waals surface area (Å²) in [5.74, 6) is -1.02. The number of nitrogens with one attached hydrogen (secondary N) is 3. The lowest BCUT2D eigenvalue weighted by Crippen LogP contribution is -2.53. The Bertz CT molecular complexity index is 1250. The van der Waals surface area contributed by atoms with Gasteiger partial charge in [-0.2, -0.15) is 26.3 Å². The van der Waals surface area contributed by atoms with E-state index in [2.05, 4.69) is 10.6 Å². The van der Waals surface area contributed by atoms with Crippen LogP contribution >= 0.6 is 0 Å². The monoisotopic (exact) mass is 590 g/mol. The van der Waals surface area contributed by atoms with E-state index < -0.39 is 35.4 Å². The van der Waals surface area contributed by atoms with Crippen molar-refractivity contribution in [2.45, 2.75) is 50.7 Å². The van der Waals surface area contributed by atoms with Gasteiger partial charge in [-0.05, 0) is 68.5 Å². The van der Waals surface area contributed by atoms with Crippen LogP contribution in [-0.2, 0) is 18.6 Å². The van der Waals surface area contributed by atoms with Crippen LogP contribution in [0.5, 0.6) is 0 Å². The lowest BCUT2D eigenvalue weighted by Gasteiger charge is -2.33. The first kappa shape index (κ1) is 31.9. The summed E-state index contributed by atoms with van der Waals surface area (Å²) in [6.07, 6.45) is -8.85. The SMILES string of the molecule is C/C(O)=C/C(=N)NC(=O)Nc1ccc(CC2CCN(Cc3ccc(C(O)(C(F)(F)F)C(F)(F)F)cc3)CC2)cc1F. The van der Waals surface area contributed by atoms with Crippen molar-refractivity contribution < 1.29 is 45.7 Å². The van der Waals surface area contributed by atoms with Crippen molar-refractivity contribution in [3.63, 3.8) is 0 Å². The van der Waals surface area contributed by atoms with E-state index in [-0.39, 0.29) is 23.2 Å². The molecule has 5 N–H and O–H groups in total. The lowest BCUT2D eigenvalue weighted by atomic mass is 9.89. The summed E-state index contributed by atoms with van der Waals surface area (Å²) in [7, 11) is 0. The number of hydrogen-bond donors (Lipinski definition) is 5. The molecular formula is C27H29F7N4O3. The Balaban J connectivity index is 1.52. The predicted octanol–water partition coefficient (Wildman–Crippen LogP) is 6.15. The number of anilines is 1. The van der Waals surface area contributed by atoms with Crippen LogP contribution in [0.3, 0.4) is 0 Å². The molecule has 2 aromatic rings. The van der Waals surface area contributed by atoms with Gasteiger partial charge in [-0.3, -0.25) is 15.6 Å². The summed E-state index contributed by atoms with van der Waals surface area (Å²) in [5.41, 5.74) is -5.16. The normalized spacial score (nSPS) is 16.0. The summed E-state index contributed by atoms with van der Waals surface area (Å²) in [6, 6.07) is 7.06. The molecule has 1 fully saturated rings. The number of amides is 2. The predicted molar refractivity (Wildman–Crippen MR) is 137 cm³/mol. The number of piperidine rings is 1. The molecule has 0 radical (unpaired) electrons. The summed E-state index contributed by atoms with van der Waals surface area (Å²) in [5, 5.41) is 30.6. The van der Waals surface area contributed by atoms with Gasteiger partial charge in [0.15, 0.2) is 0 Å². The third kappa shape index (κ3) is 7.97. The van der Waals surface area contributed by atoms with Crippen LogP contribution in [0.4, 0.5) is 41.2 Å². The molecule has 0 aromatic heterocycles. The van der Waals surface area contributed by atoms with Gasteiger partial charge < -0.3 is 15.5 Å². The molecule has 1 aliphatic rings. The minimum atomic E-state index is -5.94. The van der Waals surface area contributed by atoms with Crippen LogP contribution in [-0.4, -0.2) is 52.4 Å². The van der Waals surface area contributed by atoms with Gasteiger partial charge in [-0.15, -0.1) is 0 Å². The van der Waals surface area contributed by atoms with E-state index in [1.165, 1.54) is 19.1 Å². The Hall–Kier alpha value is -3.65. The number of aliphatic hydroxyl groups excluding tert-OH is 1. The zero-order valence-electron chi connectivity index (χ0n) is 21.8. The quantitative estimate of drug-likeness (QED) is 0.115. The fraction of sp³-hybridized carbons (Fsp3) is 0.407. The van der Waals surface area contributed by atoms with Gasteiger partial charge in [-0.1, -0.05) is 30.3 Å². The number of carbonyl (C=O) groups excluding carboxylic acids is 1. The Morgan fingerprint density at radius 1 is 1.02 bits per heavy atom. The van der Waals surface area contributed by atoms with E-state index in [0.717, 1.165) is 31.1 Å². The van der Waals surface area contributed by atoms with Crippen LogP contribution in [0, 0.1) is 17.1 Å². The smallest absolute Gasteiger partial charge is 0.430 e. The highest BCUT2D eigenvalue weighted by Gasteiger charge is 2.71. The lowest BCUT2D eigenvalue weighted by molar-refractivity contribution is -0.376. The average molecular weight is 591 g/mol. The molecule has 3 rings (SSSR count). The number of rotatable bonds is 7. The van der Waals surface area contributed by atoms with Gasteiger partial charge >= 0.3 is 18.4 Å². The zero-order chi connectivity index (χ0) is 30.6. The number of amidine groups is 1. The second-order valence-electron chi connectivity index (χ2n) is 9.92. The molecule has 1 saturated heterocycles. The molecule has 1 aliphatic heterocycles. The Kier molecular flexibility index (Phi) is 9.70. The van der Waals surface area contributed by atoms with E-state index in [1.54, 1.807) is 6.07 Å². The largest absolute Gasteiger partial charge is 0.512 e. The van der Waals surface area contributed by atoms with Gasteiger partial charge in [0.05, 0.1) is 11.4 Å². The first-order chi connectivity index (χ1) is 19.0. The molecule has 0 saturated carbocycles. The average Bonchev–Trinajstić information content (AvgIpc) is 2.85. The highest BCUT2D eigenvalue weighted by atomic mass is 19.4. The summed E-state index contributed by atoms with van der Waals surface area (Å²) < 4.78 is 93.1. The molecule has 224 valence electrons. The second kappa shape index (κ2) is 12.5. The van der Waals surface area contributed by atoms with Crippen LogP contribution in [0.25, 0.3) is 0 Å². The first-order valence-corrected chi connectivity index (χ1v) is 12.5. The maximum absolute atomic E-state index is 14.6. The number of nitrogens with zero attached hydrogens (tertiary/aromatic N) is 1. The molecule has 0 unspecified atom stereocenters. The minimum Gasteiger partial charge on any atom is -0.512 e. The van der Waals surface area contributed by atoms with Crippen LogP contribution in [0.1, 0.15) is 36.5 Å². The molecule has 14 heteroatoms. The standard InChI is InChI=1S/C27H29F7N4O3/c1-16(39)12-23(35)37-24(40)36-22-7-4-19(14-21(22)28)13-17-8-10-38(11-9-17)15-18-2-5-20(6-3-18)25(41,26(29,30)31)27(32,33)34/h2-7,12,14,17,39,41H,8-11,13,15H2,1H3,(H3,35,36,37,40)/b16-12-. The number of halogens is 7. The summed E-state index contributed by atoms with van der Waals surface area (Å²) >= 11 is 0. The number of urea groups is 1. The maximum atomic E-state index is 14.6. The van der Waals surface area contributed by atoms with Gasteiger partial charge in [0, 0.05) is 18.2 Å². The van der Waals surface area contributed by atoms with Gasteiger partial charge in [0.2, 0.25) is 0 Å². The number of alkyl halides is 6. The van der Waals surface area contributed by atoms with Crippen molar-refractivity contribution in [2.75, 3.05) is 18.4 Å². The first-order valence-electron chi connectivity index (χ1n) is 12.5. The third-order valence-corrected chi connectivity index (χ3v) is 6.71. The molecule has 41 heavy (non-hydrogen) atoms. The van der Waals surface area contributed by atoms with Crippen LogP contribution in [0.2, 0.25) is 0 Å². The maximum Gasteiger partial charge on any atom is 0.430 e. The Morgan fingerprint density at radius 2 is 1.59 bits per heavy atom. The number of aliphatic hydroxyl groups is 2. The van der Waals surface area contributed by atoms with E-state index in [1.807, 2.05) is 4.90 Å². The molecular weight excluding hydrogens is 561 g/mol. The summed E-state index contributed by atoms with van der Waals surface area (Å²) in [4.78, 5) is 13.9. The number of likely N-dealkylation sites (tertiary alicyclic amines) is 1. The van der Waals surface area contributed by atoms with Crippen molar-refractivity contribution >= 4 is 17.6 Å². The fourth-order valence-electron chi connectivity index (χ4n) is 4.59. The number of benzene rings is 2. The zero-order valence-corrected chi connectivity index (χ0v) is 21.8. The molecule has 2 aromatic carbocycles. The van der Waals surface area contributed by atoms with Gasteiger partial charge in [-0.25, -0.2) is 9.18 Å². The van der Waals surface area contributed by atoms with Crippen molar-refractivity contribution in [1.29, 1.82) is 5.41 Å². The molecule has 7 nitrogen and oxygen atoms in total. The van der Waals surface area contributed by atoms with E-state index in [4.69, 9.17) is 10.5 Å². The van der Waals surface area contributed by atoms with Crippen LogP contribution < -0.4 is 10.6 Å². The van der Waals surface area contributed by atoms with Crippen molar-refractivity contribution in [2.24, 2.45) is 5.92 Å². The minimum absolute atomic E-state index is 0.0894. The number of carbonyl (C=O) groups is 1. The van der Waals surface area contributed by atoms with Crippen LogP contribution in [0.15, 0.2) is 54.3 Å². The molecule has 0 bridgehead atoms. The molecule has 2 amide bonds.